The molecular formula is C15H17NS. The topological polar surface area (TPSA) is 12.0 Å². The molecule has 0 spiro atoms. The van der Waals surface area contributed by atoms with Crippen molar-refractivity contribution in [2.75, 3.05) is 0 Å². The van der Waals surface area contributed by atoms with Gasteiger partial charge in [0, 0.05) is 12.6 Å². The molecule has 2 heteroatoms. The molecule has 1 aromatic heterocycles. The second-order valence-corrected chi connectivity index (χ2v) is 5.60. The standard InChI is InChI=1S/C15H17NS/c1-11-8-12(9-16-14-3-4-14)2-5-15(11)13-6-7-17-10-13/h2,5-8,10,14,16H,3-4,9H2,1H3. The van der Waals surface area contributed by atoms with E-state index in [1.807, 2.05) is 0 Å². The quantitative estimate of drug-likeness (QED) is 0.856. The molecule has 17 heavy (non-hydrogen) atoms. The summed E-state index contributed by atoms with van der Waals surface area (Å²) < 4.78 is 0. The van der Waals surface area contributed by atoms with Crippen molar-refractivity contribution in [1.82, 2.24) is 5.32 Å². The van der Waals surface area contributed by atoms with E-state index in [1.54, 1.807) is 11.3 Å². The average molecular weight is 243 g/mol. The van der Waals surface area contributed by atoms with E-state index in [2.05, 4.69) is 47.3 Å². The molecule has 1 N–H and O–H groups in total. The highest BCUT2D eigenvalue weighted by Gasteiger charge is 2.19. The highest BCUT2D eigenvalue weighted by atomic mass is 32.1. The Bertz CT molecular complexity index is 498. The zero-order valence-electron chi connectivity index (χ0n) is 10.1. The van der Waals surface area contributed by atoms with Crippen LogP contribution < -0.4 is 5.32 Å². The molecule has 1 heterocycles. The van der Waals surface area contributed by atoms with Gasteiger partial charge in [0.15, 0.2) is 0 Å². The van der Waals surface area contributed by atoms with Gasteiger partial charge in [-0.15, -0.1) is 0 Å². The molecule has 1 aliphatic carbocycles. The van der Waals surface area contributed by atoms with Gasteiger partial charge in [0.2, 0.25) is 0 Å². The molecule has 2 aromatic rings. The largest absolute Gasteiger partial charge is 0.310 e. The third-order valence-electron chi connectivity index (χ3n) is 3.30. The smallest absolute Gasteiger partial charge is 0.0208 e. The van der Waals surface area contributed by atoms with E-state index in [4.69, 9.17) is 0 Å². The zero-order chi connectivity index (χ0) is 11.7. The van der Waals surface area contributed by atoms with Crippen molar-refractivity contribution >= 4 is 11.3 Å². The molecule has 0 unspecified atom stereocenters. The van der Waals surface area contributed by atoms with Crippen LogP contribution >= 0.6 is 11.3 Å². The predicted octanol–water partition coefficient (Wildman–Crippen LogP) is 3.98. The van der Waals surface area contributed by atoms with Gasteiger partial charge >= 0.3 is 0 Å². The van der Waals surface area contributed by atoms with E-state index < -0.39 is 0 Å². The van der Waals surface area contributed by atoms with E-state index in [-0.39, 0.29) is 0 Å². The Morgan fingerprint density at radius 2 is 2.18 bits per heavy atom. The van der Waals surface area contributed by atoms with Crippen LogP contribution in [-0.2, 0) is 6.54 Å². The third kappa shape index (κ3) is 2.59. The Kier molecular flexibility index (Phi) is 3.00. The van der Waals surface area contributed by atoms with E-state index in [9.17, 15) is 0 Å². The van der Waals surface area contributed by atoms with Crippen LogP contribution in [0.2, 0.25) is 0 Å². The Morgan fingerprint density at radius 3 is 2.82 bits per heavy atom. The van der Waals surface area contributed by atoms with Gasteiger partial charge in [-0.1, -0.05) is 18.2 Å². The third-order valence-corrected chi connectivity index (χ3v) is 3.98. The van der Waals surface area contributed by atoms with Crippen LogP contribution in [0.3, 0.4) is 0 Å². The first-order chi connectivity index (χ1) is 8.33. The van der Waals surface area contributed by atoms with Crippen molar-refractivity contribution < 1.29 is 0 Å². The molecule has 3 rings (SSSR count). The van der Waals surface area contributed by atoms with E-state index in [1.165, 1.54) is 35.1 Å². The number of nitrogens with one attached hydrogen (secondary N) is 1. The number of aryl methyl sites for hydroxylation is 1. The molecule has 1 nitrogen and oxygen atoms in total. The number of hydrogen-bond donors (Lipinski definition) is 1. The number of benzene rings is 1. The lowest BCUT2D eigenvalue weighted by atomic mass is 10.0. The van der Waals surface area contributed by atoms with Crippen LogP contribution in [0.15, 0.2) is 35.0 Å². The van der Waals surface area contributed by atoms with Crippen molar-refractivity contribution in [3.63, 3.8) is 0 Å². The maximum absolute atomic E-state index is 3.56. The van der Waals surface area contributed by atoms with Gasteiger partial charge in [-0.3, -0.25) is 0 Å². The molecule has 0 bridgehead atoms. The van der Waals surface area contributed by atoms with Crippen LogP contribution in [0, 0.1) is 6.92 Å². The summed E-state index contributed by atoms with van der Waals surface area (Å²) in [5.41, 5.74) is 5.47. The molecule has 0 atom stereocenters. The minimum Gasteiger partial charge on any atom is -0.310 e. The highest BCUT2D eigenvalue weighted by Crippen LogP contribution is 2.26. The molecule has 1 fully saturated rings. The number of thiophene rings is 1. The average Bonchev–Trinajstić information content (AvgIpc) is 3.01. The van der Waals surface area contributed by atoms with Crippen LogP contribution in [0.4, 0.5) is 0 Å². The molecule has 88 valence electrons. The number of hydrogen-bond acceptors (Lipinski definition) is 2. The van der Waals surface area contributed by atoms with Gasteiger partial charge in [-0.25, -0.2) is 0 Å². The van der Waals surface area contributed by atoms with Crippen molar-refractivity contribution in [2.24, 2.45) is 0 Å². The molecular weight excluding hydrogens is 226 g/mol. The molecule has 1 aliphatic rings. The summed E-state index contributed by atoms with van der Waals surface area (Å²) in [6.45, 7) is 3.21. The molecule has 0 radical (unpaired) electrons. The van der Waals surface area contributed by atoms with Gasteiger partial charge in [0.05, 0.1) is 0 Å². The molecule has 0 amide bonds. The Balaban J connectivity index is 1.78. The lowest BCUT2D eigenvalue weighted by Crippen LogP contribution is -2.15. The van der Waals surface area contributed by atoms with E-state index in [0.717, 1.165) is 12.6 Å². The Hall–Kier alpha value is -1.12. The molecule has 0 aliphatic heterocycles. The summed E-state index contributed by atoms with van der Waals surface area (Å²) in [5, 5.41) is 7.91. The molecule has 1 saturated carbocycles. The van der Waals surface area contributed by atoms with Gasteiger partial charge < -0.3 is 5.32 Å². The SMILES string of the molecule is Cc1cc(CNC2CC2)ccc1-c1ccsc1. The van der Waals surface area contributed by atoms with Crippen LogP contribution in [-0.4, -0.2) is 6.04 Å². The molecule has 0 saturated heterocycles. The maximum atomic E-state index is 3.56. The summed E-state index contributed by atoms with van der Waals surface area (Å²) in [6, 6.07) is 9.78. The first kappa shape index (κ1) is 11.0. The van der Waals surface area contributed by atoms with Crippen molar-refractivity contribution in [3.05, 3.63) is 46.2 Å². The lowest BCUT2D eigenvalue weighted by molar-refractivity contribution is 0.687. The summed E-state index contributed by atoms with van der Waals surface area (Å²) in [4.78, 5) is 0. The van der Waals surface area contributed by atoms with E-state index >= 15 is 0 Å². The van der Waals surface area contributed by atoms with Crippen molar-refractivity contribution in [2.45, 2.75) is 32.4 Å². The van der Waals surface area contributed by atoms with Crippen molar-refractivity contribution in [3.8, 4) is 11.1 Å². The fraction of sp³-hybridized carbons (Fsp3) is 0.333. The fourth-order valence-electron chi connectivity index (χ4n) is 2.13. The van der Waals surface area contributed by atoms with Gasteiger partial charge in [-0.2, -0.15) is 11.3 Å². The monoisotopic (exact) mass is 243 g/mol. The first-order valence-electron chi connectivity index (χ1n) is 6.18. The van der Waals surface area contributed by atoms with Gasteiger partial charge in [0.25, 0.3) is 0 Å². The Morgan fingerprint density at radius 1 is 1.29 bits per heavy atom. The summed E-state index contributed by atoms with van der Waals surface area (Å²) in [5.74, 6) is 0. The van der Waals surface area contributed by atoms with E-state index in [0.29, 0.717) is 0 Å². The minimum atomic E-state index is 0.784. The summed E-state index contributed by atoms with van der Waals surface area (Å²) in [7, 11) is 0. The lowest BCUT2D eigenvalue weighted by Gasteiger charge is -2.08. The zero-order valence-corrected chi connectivity index (χ0v) is 10.9. The minimum absolute atomic E-state index is 0.784. The first-order valence-corrected chi connectivity index (χ1v) is 7.13. The Labute approximate surface area is 106 Å². The number of rotatable bonds is 4. The second kappa shape index (κ2) is 4.63. The highest BCUT2D eigenvalue weighted by molar-refractivity contribution is 7.08. The van der Waals surface area contributed by atoms with Crippen LogP contribution in [0.1, 0.15) is 24.0 Å². The maximum Gasteiger partial charge on any atom is 0.0208 e. The van der Waals surface area contributed by atoms with Crippen molar-refractivity contribution in [1.29, 1.82) is 0 Å². The predicted molar refractivity (Wildman–Crippen MR) is 74.4 cm³/mol. The van der Waals surface area contributed by atoms with Crippen LogP contribution in [0.25, 0.3) is 11.1 Å². The fourth-order valence-corrected chi connectivity index (χ4v) is 2.78. The van der Waals surface area contributed by atoms with Crippen LogP contribution in [0.5, 0.6) is 0 Å². The normalized spacial score (nSPS) is 15.1. The van der Waals surface area contributed by atoms with Gasteiger partial charge in [-0.05, 0) is 58.8 Å². The summed E-state index contributed by atoms with van der Waals surface area (Å²) in [6.07, 6.45) is 2.71. The summed E-state index contributed by atoms with van der Waals surface area (Å²) >= 11 is 1.76. The second-order valence-electron chi connectivity index (χ2n) is 4.82. The molecule has 1 aromatic carbocycles. The van der Waals surface area contributed by atoms with Gasteiger partial charge in [0.1, 0.15) is 0 Å².